The number of halogens is 1. The Kier molecular flexibility index (Phi) is 11.0. The number of nitrogens with one attached hydrogen (secondary N) is 2. The number of nitrogens with zero attached hydrogens (tertiary/aromatic N) is 5. The Balaban J connectivity index is 0.804. The Hall–Kier alpha value is -5.01. The number of amides is 4. The van der Waals surface area contributed by atoms with Gasteiger partial charge in [-0.2, -0.15) is 5.26 Å². The Morgan fingerprint density at radius 1 is 0.817 bits per heavy atom. The van der Waals surface area contributed by atoms with Crippen LogP contribution in [0.5, 0.6) is 5.75 Å². The number of nitriles is 1. The zero-order valence-corrected chi connectivity index (χ0v) is 35.8. The Morgan fingerprint density at radius 3 is 2.08 bits per heavy atom. The van der Waals surface area contributed by atoms with E-state index in [-0.39, 0.29) is 29.4 Å². The highest BCUT2D eigenvalue weighted by Crippen LogP contribution is 2.56. The largest absolute Gasteiger partial charge is 0.489 e. The van der Waals surface area contributed by atoms with Crippen LogP contribution in [0, 0.1) is 28.1 Å². The normalized spacial score (nSPS) is 24.5. The molecule has 14 nitrogen and oxygen atoms in total. The van der Waals surface area contributed by atoms with Gasteiger partial charge in [-0.3, -0.25) is 34.3 Å². The van der Waals surface area contributed by atoms with Gasteiger partial charge in [0.1, 0.15) is 24.0 Å². The summed E-state index contributed by atoms with van der Waals surface area (Å²) in [5, 5.41) is 11.8. The molecule has 0 radical (unpaired) electrons. The fourth-order valence-electron chi connectivity index (χ4n) is 10.2. The number of fused-ring (bicyclic) bond motifs is 1. The van der Waals surface area contributed by atoms with Crippen LogP contribution in [0.3, 0.4) is 0 Å². The van der Waals surface area contributed by atoms with Crippen molar-refractivity contribution in [3.8, 4) is 11.8 Å². The van der Waals surface area contributed by atoms with Crippen LogP contribution >= 0.6 is 11.6 Å². The molecule has 3 aromatic rings. The molecule has 0 aromatic heterocycles. The van der Waals surface area contributed by atoms with Crippen molar-refractivity contribution in [1.82, 2.24) is 19.8 Å². The molecule has 3 saturated heterocycles. The third kappa shape index (κ3) is 7.63. The first-order valence-corrected chi connectivity index (χ1v) is 22.4. The number of hydrogen-bond acceptors (Lipinski definition) is 11. The highest BCUT2D eigenvalue weighted by molar-refractivity contribution is 7.89. The number of ether oxygens (including phenoxy) is 1. The summed E-state index contributed by atoms with van der Waals surface area (Å²) in [6, 6.07) is 18.0. The van der Waals surface area contributed by atoms with E-state index >= 15 is 0 Å². The number of anilines is 2. The van der Waals surface area contributed by atoms with E-state index in [1.807, 2.05) is 52.0 Å². The van der Waals surface area contributed by atoms with Crippen molar-refractivity contribution >= 4 is 56.6 Å². The molecule has 16 heteroatoms. The monoisotopic (exact) mass is 855 g/mol. The van der Waals surface area contributed by atoms with Crippen molar-refractivity contribution in [3.05, 3.63) is 82.4 Å². The molecule has 1 aliphatic carbocycles. The van der Waals surface area contributed by atoms with Gasteiger partial charge >= 0.3 is 0 Å². The summed E-state index contributed by atoms with van der Waals surface area (Å²) in [6.45, 7) is 14.0. The molecule has 0 spiro atoms. The number of rotatable bonds is 10. The van der Waals surface area contributed by atoms with Gasteiger partial charge in [0.15, 0.2) is 0 Å². The molecular weight excluding hydrogens is 806 g/mol. The molecule has 2 N–H and O–H groups in total. The third-order valence-corrected chi connectivity index (χ3v) is 15.0. The number of piperazine rings is 1. The van der Waals surface area contributed by atoms with E-state index < -0.39 is 56.6 Å². The lowest BCUT2D eigenvalue weighted by atomic mass is 9.50. The molecule has 4 fully saturated rings. The molecule has 0 bridgehead atoms. The molecule has 3 aromatic carbocycles. The van der Waals surface area contributed by atoms with Gasteiger partial charge in [-0.1, -0.05) is 39.3 Å². The van der Waals surface area contributed by atoms with Gasteiger partial charge in [-0.15, -0.1) is 0 Å². The van der Waals surface area contributed by atoms with Crippen LogP contribution in [0.25, 0.3) is 0 Å². The summed E-state index contributed by atoms with van der Waals surface area (Å²) in [6.07, 6.45) is 1.88. The minimum Gasteiger partial charge on any atom is -0.489 e. The van der Waals surface area contributed by atoms with E-state index in [9.17, 15) is 32.9 Å². The first kappa shape index (κ1) is 41.7. The molecule has 60 heavy (non-hydrogen) atoms. The van der Waals surface area contributed by atoms with Crippen molar-refractivity contribution < 1.29 is 32.3 Å². The zero-order valence-electron chi connectivity index (χ0n) is 34.2. The van der Waals surface area contributed by atoms with Crippen LogP contribution < -0.4 is 24.6 Å². The second kappa shape index (κ2) is 15.8. The van der Waals surface area contributed by atoms with Crippen molar-refractivity contribution in [2.75, 3.05) is 55.6 Å². The second-order valence-electron chi connectivity index (χ2n) is 17.8. The Morgan fingerprint density at radius 2 is 1.45 bits per heavy atom. The van der Waals surface area contributed by atoms with Gasteiger partial charge in [-0.25, -0.2) is 13.1 Å². The predicted octanol–water partition coefficient (Wildman–Crippen LogP) is 4.81. The minimum atomic E-state index is -3.83. The minimum absolute atomic E-state index is 0.0825. The van der Waals surface area contributed by atoms with Crippen LogP contribution in [0.15, 0.2) is 65.6 Å². The number of imide groups is 2. The van der Waals surface area contributed by atoms with E-state index in [1.165, 1.54) is 0 Å². The number of sulfonamides is 1. The number of carbonyl (C=O) groups is 4. The highest BCUT2D eigenvalue weighted by atomic mass is 35.5. The van der Waals surface area contributed by atoms with Crippen LogP contribution in [0.4, 0.5) is 11.4 Å². The SMILES string of the molecule is CC1(C)[C@H](NS(=O)(=O)c2ccc(N3CCN(CC4CCN(c5ccc6c(c5)C(=O)N(C5CCC(=O)NC5=O)C6=O)CC4)CC3)cc2)C(C)(C)[C@H]1Oc1ccc(C#N)c(Cl)c1. The Bertz CT molecular complexity index is 2370. The van der Waals surface area contributed by atoms with Gasteiger partial charge in [-0.05, 0) is 79.8 Å². The summed E-state index contributed by atoms with van der Waals surface area (Å²) < 4.78 is 36.7. The molecule has 316 valence electrons. The molecule has 1 unspecified atom stereocenters. The summed E-state index contributed by atoms with van der Waals surface area (Å²) in [5.41, 5.74) is 1.73. The van der Waals surface area contributed by atoms with Crippen molar-refractivity contribution in [1.29, 1.82) is 5.26 Å². The average Bonchev–Trinajstić information content (AvgIpc) is 3.47. The van der Waals surface area contributed by atoms with Crippen LogP contribution in [-0.2, 0) is 19.6 Å². The van der Waals surface area contributed by atoms with Gasteiger partial charge in [0.05, 0.1) is 26.6 Å². The second-order valence-corrected chi connectivity index (χ2v) is 20.0. The lowest BCUT2D eigenvalue weighted by Crippen LogP contribution is -2.74. The van der Waals surface area contributed by atoms with E-state index in [4.69, 9.17) is 16.3 Å². The predicted molar refractivity (Wildman–Crippen MR) is 225 cm³/mol. The quantitative estimate of drug-likeness (QED) is 0.268. The van der Waals surface area contributed by atoms with Gasteiger partial charge < -0.3 is 14.5 Å². The van der Waals surface area contributed by atoms with Crippen molar-refractivity contribution in [2.45, 2.75) is 76.5 Å². The van der Waals surface area contributed by atoms with E-state index in [0.717, 1.165) is 74.9 Å². The third-order valence-electron chi connectivity index (χ3n) is 13.2. The number of hydrogen-bond donors (Lipinski definition) is 2. The number of piperidine rings is 2. The first-order valence-electron chi connectivity index (χ1n) is 20.5. The number of benzene rings is 3. The van der Waals surface area contributed by atoms with Crippen LogP contribution in [0.2, 0.25) is 5.02 Å². The lowest BCUT2D eigenvalue weighted by Gasteiger charge is -2.62. The van der Waals surface area contributed by atoms with Gasteiger partial charge in [0.2, 0.25) is 21.8 Å². The smallest absolute Gasteiger partial charge is 0.262 e. The maximum atomic E-state index is 13.7. The van der Waals surface area contributed by atoms with E-state index in [1.54, 1.807) is 42.5 Å². The lowest BCUT2D eigenvalue weighted by molar-refractivity contribution is -0.161. The molecular formula is C44H50ClN7O7S. The van der Waals surface area contributed by atoms with Crippen LogP contribution in [0.1, 0.15) is 79.7 Å². The first-order chi connectivity index (χ1) is 28.5. The molecule has 8 rings (SSSR count). The standard InChI is InChI=1S/C44H50ClN7O7S/c1-43(2)41(44(3,4)42(43)59-31-9-5-28(25-46)35(45)24-31)48-60(57,58)32-10-6-29(7-11-32)51-21-19-49(20-22-51)26-27-15-17-50(18-16-27)30-8-12-33-34(23-30)40(56)52(39(33)55)36-13-14-37(53)47-38(36)54/h5-12,23-24,27,36,41-42,48H,13-22,26H2,1-4H3,(H,47,53,54)/t36?,41-,42-. The molecule has 4 heterocycles. The topological polar surface area (TPSA) is 172 Å². The summed E-state index contributed by atoms with van der Waals surface area (Å²) in [4.78, 5) is 58.8. The maximum absolute atomic E-state index is 13.7. The van der Waals surface area contributed by atoms with E-state index in [2.05, 4.69) is 24.7 Å². The summed E-state index contributed by atoms with van der Waals surface area (Å²) >= 11 is 6.24. The summed E-state index contributed by atoms with van der Waals surface area (Å²) in [5.74, 6) is -0.962. The maximum Gasteiger partial charge on any atom is 0.262 e. The molecule has 4 amide bonds. The summed E-state index contributed by atoms with van der Waals surface area (Å²) in [7, 11) is -3.83. The molecule has 4 aliphatic heterocycles. The van der Waals surface area contributed by atoms with E-state index in [0.29, 0.717) is 27.8 Å². The van der Waals surface area contributed by atoms with Crippen molar-refractivity contribution in [2.24, 2.45) is 16.7 Å². The Labute approximate surface area is 355 Å². The fraction of sp³-hybridized carbons (Fsp3) is 0.477. The highest BCUT2D eigenvalue weighted by Gasteiger charge is 2.64. The van der Waals surface area contributed by atoms with Crippen molar-refractivity contribution in [3.63, 3.8) is 0 Å². The fourth-order valence-corrected chi connectivity index (χ4v) is 11.9. The molecule has 1 saturated carbocycles. The van der Waals surface area contributed by atoms with Gasteiger partial charge in [0, 0.05) is 86.5 Å². The average molecular weight is 856 g/mol. The molecule has 5 aliphatic rings. The number of carbonyl (C=O) groups excluding carboxylic acids is 4. The molecule has 1 atom stereocenters. The van der Waals surface area contributed by atoms with Gasteiger partial charge in [0.25, 0.3) is 11.8 Å². The zero-order chi connectivity index (χ0) is 42.7. The van der Waals surface area contributed by atoms with Crippen LogP contribution in [-0.4, -0.2) is 106 Å².